The highest BCUT2D eigenvalue weighted by atomic mass is 127. The third-order valence-corrected chi connectivity index (χ3v) is 4.96. The molecular weight excluding hydrogens is 405 g/mol. The number of nitrogens with one attached hydrogen (secondary N) is 1. The zero-order valence-electron chi connectivity index (χ0n) is 10.1. The van der Waals surface area contributed by atoms with E-state index in [2.05, 4.69) is 61.8 Å². The second-order valence-corrected chi connectivity index (χ2v) is 5.99. The molecule has 2 aromatic rings. The van der Waals surface area contributed by atoms with E-state index in [-0.39, 0.29) is 0 Å². The van der Waals surface area contributed by atoms with Gasteiger partial charge in [-0.05, 0) is 75.6 Å². The standard InChI is InChI=1S/C13H13BrIN3/c1-7-9(15)4-3-5-11(7)18-13-12(14)8(2)10(16)6-17-13/h3-6H,16H2,1-2H3,(H,17,18). The van der Waals surface area contributed by atoms with Crippen LogP contribution in [-0.2, 0) is 0 Å². The number of nitrogens with two attached hydrogens (primary N) is 1. The molecule has 0 saturated carbocycles. The molecule has 0 radical (unpaired) electrons. The molecule has 0 bridgehead atoms. The average molecular weight is 418 g/mol. The minimum absolute atomic E-state index is 0.687. The Morgan fingerprint density at radius 2 is 2.00 bits per heavy atom. The molecule has 1 aromatic carbocycles. The molecule has 3 nitrogen and oxygen atoms in total. The van der Waals surface area contributed by atoms with Gasteiger partial charge in [0.2, 0.25) is 0 Å². The largest absolute Gasteiger partial charge is 0.397 e. The Morgan fingerprint density at radius 1 is 1.28 bits per heavy atom. The van der Waals surface area contributed by atoms with E-state index in [4.69, 9.17) is 5.73 Å². The maximum atomic E-state index is 5.82. The quantitative estimate of drug-likeness (QED) is 0.712. The molecule has 0 aliphatic carbocycles. The molecule has 0 amide bonds. The average Bonchev–Trinajstić information content (AvgIpc) is 2.35. The Morgan fingerprint density at radius 3 is 2.72 bits per heavy atom. The van der Waals surface area contributed by atoms with Gasteiger partial charge in [0.05, 0.1) is 16.4 Å². The van der Waals surface area contributed by atoms with E-state index in [9.17, 15) is 0 Å². The van der Waals surface area contributed by atoms with Gasteiger partial charge in [0, 0.05) is 9.26 Å². The molecule has 1 aromatic heterocycles. The number of hydrogen-bond acceptors (Lipinski definition) is 3. The maximum Gasteiger partial charge on any atom is 0.145 e. The lowest BCUT2D eigenvalue weighted by molar-refractivity contribution is 1.25. The smallest absolute Gasteiger partial charge is 0.145 e. The van der Waals surface area contributed by atoms with E-state index < -0.39 is 0 Å². The summed E-state index contributed by atoms with van der Waals surface area (Å²) in [6, 6.07) is 6.14. The Kier molecular flexibility index (Phi) is 4.11. The first-order valence-corrected chi connectivity index (χ1v) is 7.30. The van der Waals surface area contributed by atoms with Crippen molar-refractivity contribution in [1.29, 1.82) is 0 Å². The van der Waals surface area contributed by atoms with Crippen molar-refractivity contribution in [2.75, 3.05) is 11.1 Å². The fourth-order valence-electron chi connectivity index (χ4n) is 1.55. The molecule has 0 spiro atoms. The summed E-state index contributed by atoms with van der Waals surface area (Å²) in [6.07, 6.45) is 1.67. The SMILES string of the molecule is Cc1c(I)cccc1Nc1ncc(N)c(C)c1Br. The molecule has 0 aliphatic rings. The lowest BCUT2D eigenvalue weighted by Gasteiger charge is -2.13. The highest BCUT2D eigenvalue weighted by Gasteiger charge is 2.09. The van der Waals surface area contributed by atoms with Crippen molar-refractivity contribution < 1.29 is 0 Å². The van der Waals surface area contributed by atoms with Crippen LogP contribution in [0, 0.1) is 17.4 Å². The van der Waals surface area contributed by atoms with Crippen molar-refractivity contribution >= 4 is 55.7 Å². The van der Waals surface area contributed by atoms with Crippen molar-refractivity contribution in [1.82, 2.24) is 4.98 Å². The number of nitrogen functional groups attached to an aromatic ring is 1. The summed E-state index contributed by atoms with van der Waals surface area (Å²) in [6.45, 7) is 4.05. The number of benzene rings is 1. The van der Waals surface area contributed by atoms with Gasteiger partial charge in [-0.25, -0.2) is 4.98 Å². The number of aromatic nitrogens is 1. The van der Waals surface area contributed by atoms with Crippen LogP contribution in [0.25, 0.3) is 0 Å². The van der Waals surface area contributed by atoms with Crippen LogP contribution in [0.5, 0.6) is 0 Å². The van der Waals surface area contributed by atoms with Gasteiger partial charge in [-0.15, -0.1) is 0 Å². The van der Waals surface area contributed by atoms with Gasteiger partial charge in [0.1, 0.15) is 5.82 Å². The van der Waals surface area contributed by atoms with Crippen LogP contribution in [0.15, 0.2) is 28.9 Å². The first kappa shape index (κ1) is 13.6. The molecule has 0 unspecified atom stereocenters. The van der Waals surface area contributed by atoms with Crippen LogP contribution < -0.4 is 11.1 Å². The van der Waals surface area contributed by atoms with Crippen LogP contribution in [-0.4, -0.2) is 4.98 Å². The second-order valence-electron chi connectivity index (χ2n) is 4.04. The lowest BCUT2D eigenvalue weighted by Crippen LogP contribution is -2.01. The normalized spacial score (nSPS) is 10.4. The highest BCUT2D eigenvalue weighted by molar-refractivity contribution is 14.1. The van der Waals surface area contributed by atoms with E-state index in [1.807, 2.05) is 19.1 Å². The van der Waals surface area contributed by atoms with Crippen molar-refractivity contribution in [2.24, 2.45) is 0 Å². The van der Waals surface area contributed by atoms with E-state index in [0.717, 1.165) is 21.5 Å². The van der Waals surface area contributed by atoms with Gasteiger partial charge in [-0.2, -0.15) is 0 Å². The summed E-state index contributed by atoms with van der Waals surface area (Å²) in [5.74, 6) is 0.784. The minimum atomic E-state index is 0.687. The van der Waals surface area contributed by atoms with Gasteiger partial charge >= 0.3 is 0 Å². The van der Waals surface area contributed by atoms with Gasteiger partial charge < -0.3 is 11.1 Å². The number of nitrogens with zero attached hydrogens (tertiary/aromatic N) is 1. The predicted octanol–water partition coefficient (Wildman–Crippen LogP) is 4.39. The number of halogens is 2. The number of pyridine rings is 1. The lowest BCUT2D eigenvalue weighted by atomic mass is 10.2. The molecule has 0 fully saturated rings. The fourth-order valence-corrected chi connectivity index (χ4v) is 2.48. The molecule has 18 heavy (non-hydrogen) atoms. The van der Waals surface area contributed by atoms with Gasteiger partial charge in [0.25, 0.3) is 0 Å². The van der Waals surface area contributed by atoms with E-state index in [1.54, 1.807) is 6.20 Å². The van der Waals surface area contributed by atoms with Crippen molar-refractivity contribution in [3.05, 3.63) is 43.6 Å². The maximum absolute atomic E-state index is 5.82. The predicted molar refractivity (Wildman–Crippen MR) is 88.3 cm³/mol. The molecular formula is C13H13BrIN3. The van der Waals surface area contributed by atoms with Gasteiger partial charge in [0.15, 0.2) is 0 Å². The first-order chi connectivity index (χ1) is 8.50. The fraction of sp³-hybridized carbons (Fsp3) is 0.154. The Labute approximate surface area is 128 Å². The van der Waals surface area contributed by atoms with E-state index in [0.29, 0.717) is 5.69 Å². The van der Waals surface area contributed by atoms with E-state index in [1.165, 1.54) is 9.13 Å². The van der Waals surface area contributed by atoms with Crippen molar-refractivity contribution in [3.8, 4) is 0 Å². The Hall–Kier alpha value is -0.820. The second kappa shape index (κ2) is 5.44. The number of anilines is 3. The van der Waals surface area contributed by atoms with Crippen LogP contribution in [0.4, 0.5) is 17.2 Å². The third-order valence-electron chi connectivity index (χ3n) is 2.82. The minimum Gasteiger partial charge on any atom is -0.397 e. The van der Waals surface area contributed by atoms with Crippen LogP contribution in [0.2, 0.25) is 0 Å². The number of rotatable bonds is 2. The molecule has 0 atom stereocenters. The summed E-state index contributed by atoms with van der Waals surface area (Å²) >= 11 is 5.85. The molecule has 0 aliphatic heterocycles. The molecule has 1 heterocycles. The zero-order chi connectivity index (χ0) is 13.3. The molecule has 3 N–H and O–H groups in total. The topological polar surface area (TPSA) is 50.9 Å². The molecule has 5 heteroatoms. The van der Waals surface area contributed by atoms with Gasteiger partial charge in [-0.3, -0.25) is 0 Å². The Balaban J connectivity index is 2.41. The molecule has 0 saturated heterocycles. The van der Waals surface area contributed by atoms with Crippen molar-refractivity contribution in [2.45, 2.75) is 13.8 Å². The monoisotopic (exact) mass is 417 g/mol. The summed E-state index contributed by atoms with van der Waals surface area (Å²) < 4.78 is 2.13. The van der Waals surface area contributed by atoms with Crippen LogP contribution in [0.3, 0.4) is 0 Å². The van der Waals surface area contributed by atoms with E-state index >= 15 is 0 Å². The summed E-state index contributed by atoms with van der Waals surface area (Å²) in [5, 5.41) is 3.33. The first-order valence-electron chi connectivity index (χ1n) is 5.43. The summed E-state index contributed by atoms with van der Waals surface area (Å²) in [4.78, 5) is 4.32. The van der Waals surface area contributed by atoms with Crippen LogP contribution in [0.1, 0.15) is 11.1 Å². The van der Waals surface area contributed by atoms with Crippen LogP contribution >= 0.6 is 38.5 Å². The zero-order valence-corrected chi connectivity index (χ0v) is 13.8. The molecule has 2 rings (SSSR count). The van der Waals surface area contributed by atoms with Gasteiger partial charge in [-0.1, -0.05) is 6.07 Å². The highest BCUT2D eigenvalue weighted by Crippen LogP contribution is 2.31. The molecule has 94 valence electrons. The third kappa shape index (κ3) is 2.61. The Bertz CT molecular complexity index is 599. The number of hydrogen-bond donors (Lipinski definition) is 2. The summed E-state index contributed by atoms with van der Waals surface area (Å²) in [7, 11) is 0. The van der Waals surface area contributed by atoms with Crippen molar-refractivity contribution in [3.63, 3.8) is 0 Å². The summed E-state index contributed by atoms with van der Waals surface area (Å²) in [5.41, 5.74) is 9.76.